The first-order valence-corrected chi connectivity index (χ1v) is 5.31. The molecule has 0 aliphatic carbocycles. The fourth-order valence-electron chi connectivity index (χ4n) is 1.02. The molecule has 4 nitrogen and oxygen atoms in total. The van der Waals surface area contributed by atoms with Gasteiger partial charge in [0.2, 0.25) is 0 Å². The van der Waals surface area contributed by atoms with Crippen molar-refractivity contribution in [3.05, 3.63) is 28.4 Å². The van der Waals surface area contributed by atoms with Gasteiger partial charge in [0.05, 0.1) is 5.56 Å². The molecule has 0 spiro atoms. The number of nitrogens with two attached hydrogens (primary N) is 1. The molecule has 0 atom stereocenters. The van der Waals surface area contributed by atoms with E-state index in [4.69, 9.17) is 13.6 Å². The average molecular weight is 280 g/mol. The van der Waals surface area contributed by atoms with Crippen LogP contribution >= 0.6 is 15.9 Å². The quantitative estimate of drug-likeness (QED) is 0.497. The lowest BCUT2D eigenvalue weighted by molar-refractivity contribution is 0.104. The van der Waals surface area contributed by atoms with E-state index < -0.39 is 0 Å². The standard InChI is InChI=1S/C10H11BBrN3O/c1-15(2)4-3-8(16)6-5-7(12)9(11)14-10(6)13/h3-5H,1-2H3,(H2,13,14)/b4-3+. The third-order valence-electron chi connectivity index (χ3n) is 1.82. The summed E-state index contributed by atoms with van der Waals surface area (Å²) in [6.07, 6.45) is 3.07. The highest BCUT2D eigenvalue weighted by Crippen LogP contribution is 2.14. The van der Waals surface area contributed by atoms with Crippen LogP contribution in [0.3, 0.4) is 0 Å². The van der Waals surface area contributed by atoms with Gasteiger partial charge >= 0.3 is 0 Å². The Hall–Kier alpha value is -1.30. The maximum Gasteiger partial charge on any atom is 0.191 e. The first-order chi connectivity index (χ1) is 7.41. The van der Waals surface area contributed by atoms with E-state index in [0.717, 1.165) is 0 Å². The number of hydrogen-bond acceptors (Lipinski definition) is 4. The second kappa shape index (κ2) is 5.16. The lowest BCUT2D eigenvalue weighted by Crippen LogP contribution is -2.16. The third-order valence-corrected chi connectivity index (χ3v) is 2.46. The van der Waals surface area contributed by atoms with Crippen molar-refractivity contribution in [2.75, 3.05) is 19.8 Å². The van der Waals surface area contributed by atoms with Gasteiger partial charge in [0.25, 0.3) is 0 Å². The van der Waals surface area contributed by atoms with Crippen LogP contribution in [0.25, 0.3) is 0 Å². The van der Waals surface area contributed by atoms with Gasteiger partial charge in [-0.3, -0.25) is 4.79 Å². The topological polar surface area (TPSA) is 59.2 Å². The van der Waals surface area contributed by atoms with Crippen LogP contribution < -0.4 is 11.3 Å². The lowest BCUT2D eigenvalue weighted by atomic mass is 10.0. The molecular formula is C10H11BBrN3O. The van der Waals surface area contributed by atoms with Gasteiger partial charge in [-0.2, -0.15) is 0 Å². The van der Waals surface area contributed by atoms with Crippen LogP contribution in [0.2, 0.25) is 0 Å². The molecule has 0 unspecified atom stereocenters. The van der Waals surface area contributed by atoms with Crippen LogP contribution in [-0.4, -0.2) is 37.6 Å². The van der Waals surface area contributed by atoms with Crippen molar-refractivity contribution in [2.24, 2.45) is 0 Å². The van der Waals surface area contributed by atoms with Gasteiger partial charge in [-0.1, -0.05) is 0 Å². The van der Waals surface area contributed by atoms with Crippen LogP contribution in [0.1, 0.15) is 10.4 Å². The molecule has 0 bridgehead atoms. The van der Waals surface area contributed by atoms with E-state index in [1.807, 2.05) is 14.1 Å². The van der Waals surface area contributed by atoms with Gasteiger partial charge in [-0.15, -0.1) is 0 Å². The molecule has 0 aliphatic heterocycles. The SMILES string of the molecule is [B]c1nc(N)c(C(=O)/C=C/N(C)C)cc1Br. The van der Waals surface area contributed by atoms with Crippen molar-refractivity contribution in [1.29, 1.82) is 0 Å². The third kappa shape index (κ3) is 3.10. The van der Waals surface area contributed by atoms with E-state index in [1.54, 1.807) is 17.2 Å². The van der Waals surface area contributed by atoms with E-state index in [9.17, 15) is 4.79 Å². The molecule has 2 radical (unpaired) electrons. The number of ketones is 1. The minimum absolute atomic E-state index is 0.133. The normalized spacial score (nSPS) is 10.7. The van der Waals surface area contributed by atoms with E-state index in [0.29, 0.717) is 10.0 Å². The molecule has 1 rings (SSSR count). The van der Waals surface area contributed by atoms with Crippen molar-refractivity contribution in [2.45, 2.75) is 0 Å². The summed E-state index contributed by atoms with van der Waals surface area (Å²) in [6, 6.07) is 1.57. The maximum absolute atomic E-state index is 11.7. The molecule has 0 amide bonds. The smallest absolute Gasteiger partial charge is 0.191 e. The first-order valence-electron chi connectivity index (χ1n) is 4.52. The van der Waals surface area contributed by atoms with Crippen molar-refractivity contribution >= 4 is 41.0 Å². The number of aromatic nitrogens is 1. The molecule has 1 aromatic rings. The van der Waals surface area contributed by atoms with Crippen molar-refractivity contribution in [3.8, 4) is 0 Å². The van der Waals surface area contributed by atoms with Gasteiger partial charge in [0, 0.05) is 36.4 Å². The summed E-state index contributed by atoms with van der Waals surface area (Å²) in [4.78, 5) is 17.4. The number of carbonyl (C=O) groups is 1. The maximum atomic E-state index is 11.7. The molecule has 0 saturated carbocycles. The van der Waals surface area contributed by atoms with Crippen LogP contribution in [0, 0.1) is 0 Å². The summed E-state index contributed by atoms with van der Waals surface area (Å²) in [7, 11) is 9.18. The van der Waals surface area contributed by atoms with Gasteiger partial charge in [0.1, 0.15) is 13.7 Å². The molecule has 6 heteroatoms. The van der Waals surface area contributed by atoms with Crippen LogP contribution in [-0.2, 0) is 0 Å². The number of halogens is 1. The average Bonchev–Trinajstić information content (AvgIpc) is 2.20. The largest absolute Gasteiger partial charge is 0.383 e. The summed E-state index contributed by atoms with van der Waals surface area (Å²) >= 11 is 3.20. The molecular weight excluding hydrogens is 269 g/mol. The van der Waals surface area contributed by atoms with Gasteiger partial charge in [0.15, 0.2) is 5.78 Å². The van der Waals surface area contributed by atoms with E-state index in [2.05, 4.69) is 20.9 Å². The Kier molecular flexibility index (Phi) is 4.12. The predicted octanol–water partition coefficient (Wildman–Crippen LogP) is 0.478. The zero-order valence-corrected chi connectivity index (χ0v) is 10.7. The first kappa shape index (κ1) is 12.8. The molecule has 1 aromatic heterocycles. The number of pyridine rings is 1. The number of allylic oxidation sites excluding steroid dienone is 1. The lowest BCUT2D eigenvalue weighted by Gasteiger charge is -2.06. The van der Waals surface area contributed by atoms with Crippen molar-refractivity contribution < 1.29 is 4.79 Å². The molecule has 16 heavy (non-hydrogen) atoms. The summed E-state index contributed by atoms with van der Waals surface area (Å²) in [5.41, 5.74) is 6.22. The monoisotopic (exact) mass is 279 g/mol. The van der Waals surface area contributed by atoms with Crippen molar-refractivity contribution in [1.82, 2.24) is 9.88 Å². The van der Waals surface area contributed by atoms with Crippen LogP contribution in [0.5, 0.6) is 0 Å². The highest BCUT2D eigenvalue weighted by molar-refractivity contribution is 9.10. The minimum atomic E-state index is -0.209. The van der Waals surface area contributed by atoms with Crippen LogP contribution in [0.4, 0.5) is 5.82 Å². The number of anilines is 1. The Balaban J connectivity index is 3.05. The van der Waals surface area contributed by atoms with Gasteiger partial charge < -0.3 is 10.6 Å². The number of nitrogens with zero attached hydrogens (tertiary/aromatic N) is 2. The molecule has 2 N–H and O–H groups in total. The predicted molar refractivity (Wildman–Crippen MR) is 68.9 cm³/mol. The molecule has 0 aliphatic rings. The molecule has 82 valence electrons. The number of rotatable bonds is 3. The number of hydrogen-bond donors (Lipinski definition) is 1. The van der Waals surface area contributed by atoms with E-state index in [-0.39, 0.29) is 17.2 Å². The zero-order valence-electron chi connectivity index (χ0n) is 9.07. The second-order valence-electron chi connectivity index (χ2n) is 3.43. The number of nitrogen functional groups attached to an aromatic ring is 1. The fraction of sp³-hybridized carbons (Fsp3) is 0.200. The molecule has 1 heterocycles. The Bertz CT molecular complexity index is 446. The molecule has 0 aromatic carbocycles. The molecule has 0 saturated heterocycles. The van der Waals surface area contributed by atoms with E-state index in [1.165, 1.54) is 6.08 Å². The summed E-state index contributed by atoms with van der Waals surface area (Å²) in [5.74, 6) is -0.0755. The van der Waals surface area contributed by atoms with Crippen LogP contribution in [0.15, 0.2) is 22.8 Å². The van der Waals surface area contributed by atoms with Crippen molar-refractivity contribution in [3.63, 3.8) is 0 Å². The Morgan fingerprint density at radius 3 is 2.81 bits per heavy atom. The Morgan fingerprint density at radius 1 is 1.62 bits per heavy atom. The van der Waals surface area contributed by atoms with E-state index >= 15 is 0 Å². The summed E-state index contributed by atoms with van der Waals surface area (Å²) in [6.45, 7) is 0. The molecule has 0 fully saturated rings. The fourth-order valence-corrected chi connectivity index (χ4v) is 1.34. The highest BCUT2D eigenvalue weighted by Gasteiger charge is 2.10. The second-order valence-corrected chi connectivity index (χ2v) is 4.29. The zero-order chi connectivity index (χ0) is 12.3. The van der Waals surface area contributed by atoms with Gasteiger partial charge in [-0.05, 0) is 22.0 Å². The van der Waals surface area contributed by atoms with Gasteiger partial charge in [-0.25, -0.2) is 4.98 Å². The minimum Gasteiger partial charge on any atom is -0.383 e. The highest BCUT2D eigenvalue weighted by atomic mass is 79.9. The Labute approximate surface area is 104 Å². The Morgan fingerprint density at radius 2 is 2.25 bits per heavy atom. The number of carbonyl (C=O) groups excluding carboxylic acids is 1. The summed E-state index contributed by atoms with van der Waals surface area (Å²) < 4.78 is 0.559. The summed E-state index contributed by atoms with van der Waals surface area (Å²) in [5, 5.41) is 0.